The summed E-state index contributed by atoms with van der Waals surface area (Å²) < 4.78 is 4.33. The molecule has 4 nitrogen and oxygen atoms in total. The molecular formula is C15H23ClN4. The quantitative estimate of drug-likeness (QED) is 0.811. The van der Waals surface area contributed by atoms with E-state index in [9.17, 15) is 0 Å². The number of imidazole rings is 1. The van der Waals surface area contributed by atoms with Crippen molar-refractivity contribution in [1.82, 2.24) is 19.3 Å². The van der Waals surface area contributed by atoms with E-state index >= 15 is 0 Å². The van der Waals surface area contributed by atoms with Crippen LogP contribution in [-0.2, 0) is 20.0 Å². The van der Waals surface area contributed by atoms with Gasteiger partial charge in [-0.05, 0) is 31.6 Å². The molecule has 1 aliphatic rings. The van der Waals surface area contributed by atoms with Crippen LogP contribution in [0.5, 0.6) is 0 Å². The van der Waals surface area contributed by atoms with Crippen molar-refractivity contribution in [2.45, 2.75) is 46.1 Å². The summed E-state index contributed by atoms with van der Waals surface area (Å²) in [6, 6.07) is 0. The Labute approximate surface area is 125 Å². The van der Waals surface area contributed by atoms with E-state index in [0.29, 0.717) is 5.88 Å². The lowest BCUT2D eigenvalue weighted by Gasteiger charge is -2.14. The molecule has 0 aliphatic heterocycles. The zero-order chi connectivity index (χ0) is 14.3. The first kappa shape index (κ1) is 13.9. The molecule has 2 aromatic rings. The van der Waals surface area contributed by atoms with Gasteiger partial charge in [-0.3, -0.25) is 4.68 Å². The maximum absolute atomic E-state index is 5.95. The summed E-state index contributed by atoms with van der Waals surface area (Å²) in [7, 11) is 2.01. The van der Waals surface area contributed by atoms with Crippen molar-refractivity contribution in [2.24, 2.45) is 18.9 Å². The van der Waals surface area contributed by atoms with Crippen molar-refractivity contribution < 1.29 is 0 Å². The number of rotatable bonds is 4. The summed E-state index contributed by atoms with van der Waals surface area (Å²) in [4.78, 5) is 4.78. The Hall–Kier alpha value is -1.03. The van der Waals surface area contributed by atoms with Gasteiger partial charge in [-0.25, -0.2) is 4.98 Å². The molecule has 0 saturated heterocycles. The van der Waals surface area contributed by atoms with Crippen molar-refractivity contribution in [3.63, 3.8) is 0 Å². The molecule has 1 aliphatic carbocycles. The summed E-state index contributed by atoms with van der Waals surface area (Å²) in [5, 5.41) is 4.50. The highest BCUT2D eigenvalue weighted by Gasteiger charge is 2.25. The van der Waals surface area contributed by atoms with Gasteiger partial charge in [0.05, 0.1) is 5.69 Å². The second-order valence-electron chi connectivity index (χ2n) is 6.24. The minimum absolute atomic E-state index is 0.622. The smallest absolute Gasteiger partial charge is 0.158 e. The van der Waals surface area contributed by atoms with Gasteiger partial charge in [0, 0.05) is 25.9 Å². The van der Waals surface area contributed by atoms with E-state index < -0.39 is 0 Å². The molecule has 0 bridgehead atoms. The molecule has 5 heteroatoms. The van der Waals surface area contributed by atoms with Crippen LogP contribution in [0.1, 0.15) is 37.7 Å². The summed E-state index contributed by atoms with van der Waals surface area (Å²) in [5.41, 5.74) is 3.21. The minimum Gasteiger partial charge on any atom is -0.313 e. The van der Waals surface area contributed by atoms with Crippen molar-refractivity contribution >= 4 is 22.8 Å². The van der Waals surface area contributed by atoms with Gasteiger partial charge in [-0.1, -0.05) is 13.3 Å². The maximum Gasteiger partial charge on any atom is 0.158 e. The first-order chi connectivity index (χ1) is 9.60. The van der Waals surface area contributed by atoms with E-state index in [0.717, 1.165) is 47.5 Å². The van der Waals surface area contributed by atoms with Crippen molar-refractivity contribution in [3.8, 4) is 0 Å². The summed E-state index contributed by atoms with van der Waals surface area (Å²) in [6.45, 7) is 5.45. The van der Waals surface area contributed by atoms with Crippen LogP contribution in [0.25, 0.3) is 11.2 Å². The highest BCUT2D eigenvalue weighted by molar-refractivity contribution is 6.17. The van der Waals surface area contributed by atoms with Crippen LogP contribution in [0.4, 0.5) is 0 Å². The molecule has 2 aromatic heterocycles. The number of hydrogen-bond acceptors (Lipinski definition) is 2. The van der Waals surface area contributed by atoms with Crippen LogP contribution < -0.4 is 0 Å². The fourth-order valence-electron chi connectivity index (χ4n) is 3.60. The zero-order valence-electron chi connectivity index (χ0n) is 12.6. The standard InChI is InChI=1S/C15H23ClN4/c1-10-4-5-12(8-10)9-20-13(6-7-16)17-14-11(2)18-19(3)15(14)20/h10,12H,4-9H2,1-3H3. The van der Waals surface area contributed by atoms with E-state index in [1.165, 1.54) is 19.3 Å². The fourth-order valence-corrected chi connectivity index (χ4v) is 3.77. The lowest BCUT2D eigenvalue weighted by Crippen LogP contribution is -2.13. The molecular weight excluding hydrogens is 272 g/mol. The van der Waals surface area contributed by atoms with Crippen molar-refractivity contribution in [1.29, 1.82) is 0 Å². The van der Waals surface area contributed by atoms with Gasteiger partial charge < -0.3 is 4.57 Å². The average molecular weight is 295 g/mol. The average Bonchev–Trinajstić information content (AvgIpc) is 3.02. The molecule has 3 rings (SSSR count). The van der Waals surface area contributed by atoms with E-state index in [2.05, 4.69) is 16.6 Å². The molecule has 0 amide bonds. The molecule has 110 valence electrons. The van der Waals surface area contributed by atoms with Crippen LogP contribution in [0, 0.1) is 18.8 Å². The number of alkyl halides is 1. The molecule has 20 heavy (non-hydrogen) atoms. The van der Waals surface area contributed by atoms with Gasteiger partial charge in [0.2, 0.25) is 0 Å². The number of halogens is 1. The predicted molar refractivity (Wildman–Crippen MR) is 82.2 cm³/mol. The van der Waals surface area contributed by atoms with Crippen LogP contribution in [0.3, 0.4) is 0 Å². The van der Waals surface area contributed by atoms with Crippen LogP contribution in [-0.4, -0.2) is 25.2 Å². The first-order valence-corrected chi connectivity index (χ1v) is 8.08. The van der Waals surface area contributed by atoms with Crippen LogP contribution in [0.15, 0.2) is 0 Å². The third-order valence-electron chi connectivity index (χ3n) is 4.53. The number of aryl methyl sites for hydroxylation is 3. The number of hydrogen-bond donors (Lipinski definition) is 0. The Morgan fingerprint density at radius 1 is 1.35 bits per heavy atom. The van der Waals surface area contributed by atoms with Gasteiger partial charge in [0.1, 0.15) is 11.3 Å². The Morgan fingerprint density at radius 3 is 2.80 bits per heavy atom. The monoisotopic (exact) mass is 294 g/mol. The minimum atomic E-state index is 0.622. The number of nitrogens with zero attached hydrogens (tertiary/aromatic N) is 4. The third-order valence-corrected chi connectivity index (χ3v) is 4.72. The molecule has 2 unspecified atom stereocenters. The molecule has 0 N–H and O–H groups in total. The second kappa shape index (κ2) is 5.40. The molecule has 2 heterocycles. The highest BCUT2D eigenvalue weighted by atomic mass is 35.5. The van der Waals surface area contributed by atoms with Gasteiger partial charge in [0.25, 0.3) is 0 Å². The number of aromatic nitrogens is 4. The second-order valence-corrected chi connectivity index (χ2v) is 6.62. The van der Waals surface area contributed by atoms with Crippen molar-refractivity contribution in [3.05, 3.63) is 11.5 Å². The molecule has 0 aromatic carbocycles. The van der Waals surface area contributed by atoms with Gasteiger partial charge >= 0.3 is 0 Å². The SMILES string of the molecule is Cc1nn(C)c2c1nc(CCCl)n2CC1CCC(C)C1. The first-order valence-electron chi connectivity index (χ1n) is 7.54. The normalized spacial score (nSPS) is 23.0. The van der Waals surface area contributed by atoms with Crippen LogP contribution >= 0.6 is 11.6 Å². The van der Waals surface area contributed by atoms with E-state index in [1.54, 1.807) is 0 Å². The molecule has 1 fully saturated rings. The van der Waals surface area contributed by atoms with E-state index in [1.807, 2.05) is 18.7 Å². The van der Waals surface area contributed by atoms with Gasteiger partial charge in [-0.15, -0.1) is 11.6 Å². The summed E-state index contributed by atoms with van der Waals surface area (Å²) >= 11 is 5.95. The number of fused-ring (bicyclic) bond motifs is 1. The van der Waals surface area contributed by atoms with Gasteiger partial charge in [-0.2, -0.15) is 5.10 Å². The molecule has 0 radical (unpaired) electrons. The lowest BCUT2D eigenvalue weighted by atomic mass is 10.1. The van der Waals surface area contributed by atoms with Gasteiger partial charge in [0.15, 0.2) is 5.65 Å². The maximum atomic E-state index is 5.95. The van der Waals surface area contributed by atoms with E-state index in [4.69, 9.17) is 16.6 Å². The summed E-state index contributed by atoms with van der Waals surface area (Å²) in [5.74, 6) is 3.37. The Balaban J connectivity index is 1.99. The molecule has 2 atom stereocenters. The fraction of sp³-hybridized carbons (Fsp3) is 0.733. The highest BCUT2D eigenvalue weighted by Crippen LogP contribution is 2.33. The molecule has 0 spiro atoms. The summed E-state index contributed by atoms with van der Waals surface area (Å²) in [6.07, 6.45) is 4.85. The van der Waals surface area contributed by atoms with E-state index in [-0.39, 0.29) is 0 Å². The van der Waals surface area contributed by atoms with Crippen LogP contribution in [0.2, 0.25) is 0 Å². The topological polar surface area (TPSA) is 35.6 Å². The third kappa shape index (κ3) is 2.34. The largest absolute Gasteiger partial charge is 0.313 e. The Kier molecular flexibility index (Phi) is 3.76. The Bertz CT molecular complexity index is 613. The molecule has 1 saturated carbocycles. The lowest BCUT2D eigenvalue weighted by molar-refractivity contribution is 0.435. The van der Waals surface area contributed by atoms with Crippen molar-refractivity contribution in [2.75, 3.05) is 5.88 Å². The predicted octanol–water partition coefficient (Wildman–Crippen LogP) is 3.30. The zero-order valence-corrected chi connectivity index (χ0v) is 13.3. The Morgan fingerprint density at radius 2 is 2.15 bits per heavy atom.